The van der Waals surface area contributed by atoms with E-state index >= 15 is 0 Å². The Hall–Kier alpha value is -1.77. The fraction of sp³-hybridized carbons (Fsp3) is 0.571. The summed E-state index contributed by atoms with van der Waals surface area (Å²) >= 11 is 0. The number of rotatable bonds is 9. The summed E-state index contributed by atoms with van der Waals surface area (Å²) in [6.45, 7) is 3.06. The van der Waals surface area contributed by atoms with Crippen molar-refractivity contribution in [3.8, 4) is 5.75 Å². The number of carboxylic acid groups (broad SMARTS) is 1. The van der Waals surface area contributed by atoms with Crippen LogP contribution in [0.25, 0.3) is 6.08 Å². The highest BCUT2D eigenvalue weighted by molar-refractivity contribution is 5.85. The Balaban J connectivity index is 1.68. The van der Waals surface area contributed by atoms with Crippen LogP contribution in [0.1, 0.15) is 63.9 Å². The van der Waals surface area contributed by atoms with Crippen LogP contribution in [0, 0.1) is 11.8 Å². The second kappa shape index (κ2) is 10.2. The molecule has 1 fully saturated rings. The second-order valence-electron chi connectivity index (χ2n) is 6.93. The van der Waals surface area contributed by atoms with Crippen molar-refractivity contribution in [3.63, 3.8) is 0 Å². The highest BCUT2D eigenvalue weighted by atomic mass is 16.5. The van der Waals surface area contributed by atoms with E-state index in [1.54, 1.807) is 6.08 Å². The SMILES string of the molecule is CCCCC[C@H]1CC[C@H](COc2ccc(/C=C/C(=O)O)cc2)CC1. The lowest BCUT2D eigenvalue weighted by Crippen LogP contribution is -2.20. The molecule has 2 rings (SSSR count). The lowest BCUT2D eigenvalue weighted by molar-refractivity contribution is -0.131. The Morgan fingerprint density at radius 1 is 1.12 bits per heavy atom. The molecule has 1 N–H and O–H groups in total. The van der Waals surface area contributed by atoms with E-state index in [4.69, 9.17) is 9.84 Å². The van der Waals surface area contributed by atoms with Crippen molar-refractivity contribution in [1.29, 1.82) is 0 Å². The third-order valence-corrected chi connectivity index (χ3v) is 4.97. The van der Waals surface area contributed by atoms with Crippen LogP contribution in [0.5, 0.6) is 5.75 Å². The summed E-state index contributed by atoms with van der Waals surface area (Å²) in [5, 5.41) is 8.63. The average molecular weight is 330 g/mol. The molecule has 1 aromatic rings. The smallest absolute Gasteiger partial charge is 0.328 e. The lowest BCUT2D eigenvalue weighted by atomic mass is 9.80. The fourth-order valence-electron chi connectivity index (χ4n) is 3.43. The van der Waals surface area contributed by atoms with Gasteiger partial charge in [0.25, 0.3) is 0 Å². The van der Waals surface area contributed by atoms with Crippen LogP contribution in [-0.4, -0.2) is 17.7 Å². The van der Waals surface area contributed by atoms with Crippen molar-refractivity contribution in [2.45, 2.75) is 58.3 Å². The van der Waals surface area contributed by atoms with E-state index in [-0.39, 0.29) is 0 Å². The topological polar surface area (TPSA) is 46.5 Å². The number of hydrogen-bond donors (Lipinski definition) is 1. The molecule has 0 saturated heterocycles. The molecular weight excluding hydrogens is 300 g/mol. The molecule has 0 unspecified atom stereocenters. The largest absolute Gasteiger partial charge is 0.493 e. The van der Waals surface area contributed by atoms with Gasteiger partial charge in [0.2, 0.25) is 0 Å². The van der Waals surface area contributed by atoms with Crippen molar-refractivity contribution in [1.82, 2.24) is 0 Å². The number of benzene rings is 1. The summed E-state index contributed by atoms with van der Waals surface area (Å²) in [4.78, 5) is 10.5. The Morgan fingerprint density at radius 3 is 2.42 bits per heavy atom. The van der Waals surface area contributed by atoms with E-state index in [1.165, 1.54) is 51.4 Å². The van der Waals surface area contributed by atoms with Crippen LogP contribution < -0.4 is 4.74 Å². The predicted molar refractivity (Wildman–Crippen MR) is 98.2 cm³/mol. The Bertz CT molecular complexity index is 510. The van der Waals surface area contributed by atoms with Gasteiger partial charge in [-0.25, -0.2) is 4.79 Å². The van der Waals surface area contributed by atoms with Crippen LogP contribution in [-0.2, 0) is 4.79 Å². The van der Waals surface area contributed by atoms with Crippen molar-refractivity contribution in [2.75, 3.05) is 6.61 Å². The molecule has 24 heavy (non-hydrogen) atoms. The van der Waals surface area contributed by atoms with Gasteiger partial charge in [0.05, 0.1) is 6.61 Å². The molecule has 0 radical (unpaired) electrons. The van der Waals surface area contributed by atoms with E-state index < -0.39 is 5.97 Å². The minimum atomic E-state index is -0.930. The standard InChI is InChI=1S/C21H30O3/c1-2-3-4-5-17-6-8-19(9-7-17)16-24-20-13-10-18(11-14-20)12-15-21(22)23/h10-15,17,19H,2-9,16H2,1H3,(H,22,23)/b15-12+/t17-,19-. The average Bonchev–Trinajstić information content (AvgIpc) is 2.60. The highest BCUT2D eigenvalue weighted by Crippen LogP contribution is 2.32. The monoisotopic (exact) mass is 330 g/mol. The summed E-state index contributed by atoms with van der Waals surface area (Å²) in [5.41, 5.74) is 0.873. The maximum absolute atomic E-state index is 10.5. The van der Waals surface area contributed by atoms with Crippen molar-refractivity contribution in [2.24, 2.45) is 11.8 Å². The minimum absolute atomic E-state index is 0.680. The van der Waals surface area contributed by atoms with Crippen molar-refractivity contribution >= 4 is 12.0 Å². The van der Waals surface area contributed by atoms with E-state index in [0.29, 0.717) is 5.92 Å². The molecule has 0 aromatic heterocycles. The molecule has 3 nitrogen and oxygen atoms in total. The van der Waals surface area contributed by atoms with Gasteiger partial charge in [-0.2, -0.15) is 0 Å². The zero-order valence-electron chi connectivity index (χ0n) is 14.7. The summed E-state index contributed by atoms with van der Waals surface area (Å²) in [6.07, 6.45) is 13.5. The van der Waals surface area contributed by atoms with Crippen LogP contribution in [0.4, 0.5) is 0 Å². The molecule has 0 spiro atoms. The van der Waals surface area contributed by atoms with Gasteiger partial charge in [-0.15, -0.1) is 0 Å². The number of unbranched alkanes of at least 4 members (excludes halogenated alkanes) is 2. The fourth-order valence-corrected chi connectivity index (χ4v) is 3.43. The molecule has 0 aliphatic heterocycles. The van der Waals surface area contributed by atoms with Gasteiger partial charge >= 0.3 is 5.97 Å². The van der Waals surface area contributed by atoms with E-state index in [0.717, 1.165) is 29.9 Å². The van der Waals surface area contributed by atoms with Crippen LogP contribution in [0.3, 0.4) is 0 Å². The van der Waals surface area contributed by atoms with Crippen LogP contribution in [0.2, 0.25) is 0 Å². The van der Waals surface area contributed by atoms with Gasteiger partial charge in [-0.1, -0.05) is 57.6 Å². The molecule has 132 valence electrons. The summed E-state index contributed by atoms with van der Waals surface area (Å²) in [7, 11) is 0. The van der Waals surface area contributed by atoms with E-state index in [1.807, 2.05) is 24.3 Å². The van der Waals surface area contributed by atoms with Crippen LogP contribution >= 0.6 is 0 Å². The lowest BCUT2D eigenvalue weighted by Gasteiger charge is -2.28. The Labute approximate surface area is 145 Å². The van der Waals surface area contributed by atoms with Crippen molar-refractivity contribution in [3.05, 3.63) is 35.9 Å². The first kappa shape index (κ1) is 18.6. The van der Waals surface area contributed by atoms with E-state index in [9.17, 15) is 4.79 Å². The molecule has 0 bridgehead atoms. The van der Waals surface area contributed by atoms with Crippen molar-refractivity contribution < 1.29 is 14.6 Å². The highest BCUT2D eigenvalue weighted by Gasteiger charge is 2.21. The predicted octanol–water partition coefficient (Wildman–Crippen LogP) is 5.55. The normalized spacial score (nSPS) is 21.0. The molecule has 3 heteroatoms. The molecule has 0 atom stereocenters. The van der Waals surface area contributed by atoms with Crippen LogP contribution in [0.15, 0.2) is 30.3 Å². The minimum Gasteiger partial charge on any atom is -0.493 e. The molecule has 1 aliphatic carbocycles. The molecular formula is C21H30O3. The summed E-state index contributed by atoms with van der Waals surface area (Å²) < 4.78 is 5.92. The number of ether oxygens (including phenoxy) is 1. The Morgan fingerprint density at radius 2 is 1.79 bits per heavy atom. The second-order valence-corrected chi connectivity index (χ2v) is 6.93. The zero-order valence-corrected chi connectivity index (χ0v) is 14.7. The zero-order chi connectivity index (χ0) is 17.2. The van der Waals surface area contributed by atoms with Gasteiger partial charge in [-0.3, -0.25) is 0 Å². The number of hydrogen-bond acceptors (Lipinski definition) is 2. The number of carbonyl (C=O) groups is 1. The molecule has 1 saturated carbocycles. The molecule has 1 aliphatic rings. The maximum atomic E-state index is 10.5. The van der Waals surface area contributed by atoms with E-state index in [2.05, 4.69) is 6.92 Å². The first-order valence-electron chi connectivity index (χ1n) is 9.31. The molecule has 0 amide bonds. The first-order valence-corrected chi connectivity index (χ1v) is 9.31. The maximum Gasteiger partial charge on any atom is 0.328 e. The quantitative estimate of drug-likeness (QED) is 0.477. The number of carboxylic acids is 1. The van der Waals surface area contributed by atoms with Gasteiger partial charge in [0.1, 0.15) is 5.75 Å². The number of aliphatic carboxylic acids is 1. The Kier molecular flexibility index (Phi) is 7.87. The summed E-state index contributed by atoms with van der Waals surface area (Å²) in [5.74, 6) is 1.56. The van der Waals surface area contributed by atoms with Gasteiger partial charge in [0, 0.05) is 6.08 Å². The summed E-state index contributed by atoms with van der Waals surface area (Å²) in [6, 6.07) is 7.61. The third-order valence-electron chi connectivity index (χ3n) is 4.97. The molecule has 1 aromatic carbocycles. The first-order chi connectivity index (χ1) is 11.7. The van der Waals surface area contributed by atoms with Gasteiger partial charge in [-0.05, 0) is 48.4 Å². The van der Waals surface area contributed by atoms with Gasteiger partial charge < -0.3 is 9.84 Å². The van der Waals surface area contributed by atoms with Gasteiger partial charge in [0.15, 0.2) is 0 Å². The third kappa shape index (κ3) is 6.77. The molecule has 0 heterocycles.